The van der Waals surface area contributed by atoms with Gasteiger partial charge in [-0.1, -0.05) is 44.5 Å². The highest BCUT2D eigenvalue weighted by atomic mass is 35.5. The molecule has 0 saturated carbocycles. The fourth-order valence-corrected chi connectivity index (χ4v) is 5.08. The number of benzene rings is 1. The Labute approximate surface area is 232 Å². The Hall–Kier alpha value is -2.72. The van der Waals surface area contributed by atoms with E-state index < -0.39 is 8.32 Å². The lowest BCUT2D eigenvalue weighted by atomic mass is 10.1. The number of aryl methyl sites for hydroxylation is 1. The van der Waals surface area contributed by atoms with Gasteiger partial charge in [0.2, 0.25) is 5.95 Å². The molecule has 3 aromatic rings. The predicted molar refractivity (Wildman–Crippen MR) is 159 cm³/mol. The molecule has 204 valence electrons. The van der Waals surface area contributed by atoms with Crippen LogP contribution in [0.5, 0.6) is 0 Å². The molecule has 0 spiro atoms. The van der Waals surface area contributed by atoms with E-state index in [1.165, 1.54) is 0 Å². The van der Waals surface area contributed by atoms with Gasteiger partial charge in [0.15, 0.2) is 8.32 Å². The minimum Gasteiger partial charge on any atom is -0.413 e. The summed E-state index contributed by atoms with van der Waals surface area (Å²) in [6.07, 6.45) is 1.74. The van der Waals surface area contributed by atoms with E-state index >= 15 is 0 Å². The van der Waals surface area contributed by atoms with Gasteiger partial charge in [0, 0.05) is 37.0 Å². The Morgan fingerprint density at radius 2 is 1.84 bits per heavy atom. The van der Waals surface area contributed by atoms with E-state index in [0.717, 1.165) is 41.5 Å². The molecule has 0 unspecified atom stereocenters. The second kappa shape index (κ2) is 11.6. The average Bonchev–Trinajstić information content (AvgIpc) is 2.87. The van der Waals surface area contributed by atoms with Gasteiger partial charge in [-0.05, 0) is 60.4 Å². The van der Waals surface area contributed by atoms with Crippen molar-refractivity contribution in [2.75, 3.05) is 48.5 Å². The van der Waals surface area contributed by atoms with Gasteiger partial charge < -0.3 is 24.3 Å². The van der Waals surface area contributed by atoms with Crippen molar-refractivity contribution < 1.29 is 9.16 Å². The molecular formula is C28H39ClN6O2Si. The summed E-state index contributed by atoms with van der Waals surface area (Å²) in [6, 6.07) is 12.0. The van der Waals surface area contributed by atoms with E-state index in [4.69, 9.17) is 30.7 Å². The third kappa shape index (κ3) is 6.82. The maximum absolute atomic E-state index is 6.47. The van der Waals surface area contributed by atoms with Crippen molar-refractivity contribution in [3.63, 3.8) is 0 Å². The fourth-order valence-electron chi connectivity index (χ4n) is 3.92. The van der Waals surface area contributed by atoms with Crippen LogP contribution in [0.4, 0.5) is 29.1 Å². The molecule has 0 bridgehead atoms. The maximum Gasteiger partial charge on any atom is 0.230 e. The lowest BCUT2D eigenvalue weighted by Gasteiger charge is -2.36. The molecule has 1 saturated heterocycles. The van der Waals surface area contributed by atoms with E-state index in [2.05, 4.69) is 79.1 Å². The molecule has 2 aromatic heterocycles. The summed E-state index contributed by atoms with van der Waals surface area (Å²) in [5, 5.41) is 4.00. The zero-order valence-corrected chi connectivity index (χ0v) is 25.3. The zero-order valence-electron chi connectivity index (χ0n) is 23.5. The second-order valence-corrected chi connectivity index (χ2v) is 16.5. The SMILES string of the molecule is Cc1ccc(CO[Si](C)(C)C(C)(C)C)cc1N(C)c1ccnc(Nc2cc(Cl)cc(N3CCOCC3)n2)n1. The van der Waals surface area contributed by atoms with Gasteiger partial charge in [-0.2, -0.15) is 4.98 Å². The number of pyridine rings is 1. The van der Waals surface area contributed by atoms with Crippen LogP contribution >= 0.6 is 11.6 Å². The van der Waals surface area contributed by atoms with Crippen molar-refractivity contribution in [2.24, 2.45) is 0 Å². The fraction of sp³-hybridized carbons (Fsp3) is 0.464. The Kier molecular flexibility index (Phi) is 8.61. The van der Waals surface area contributed by atoms with Gasteiger partial charge in [-0.15, -0.1) is 0 Å². The van der Waals surface area contributed by atoms with Crippen LogP contribution in [0, 0.1) is 6.92 Å². The Bertz CT molecular complexity index is 1260. The van der Waals surface area contributed by atoms with Crippen molar-refractivity contribution in [3.05, 3.63) is 58.7 Å². The van der Waals surface area contributed by atoms with Crippen molar-refractivity contribution in [3.8, 4) is 0 Å². The minimum atomic E-state index is -1.84. The van der Waals surface area contributed by atoms with E-state index in [-0.39, 0.29) is 5.04 Å². The summed E-state index contributed by atoms with van der Waals surface area (Å²) in [5.41, 5.74) is 3.37. The van der Waals surface area contributed by atoms with Gasteiger partial charge >= 0.3 is 0 Å². The van der Waals surface area contributed by atoms with Gasteiger partial charge in [0.25, 0.3) is 0 Å². The molecule has 3 heterocycles. The number of aromatic nitrogens is 3. The van der Waals surface area contributed by atoms with E-state index in [9.17, 15) is 0 Å². The lowest BCUT2D eigenvalue weighted by molar-refractivity contribution is 0.122. The maximum atomic E-state index is 6.47. The number of halogens is 1. The van der Waals surface area contributed by atoms with Crippen LogP contribution in [0.3, 0.4) is 0 Å². The Balaban J connectivity index is 1.52. The van der Waals surface area contributed by atoms with Crippen LogP contribution in [-0.2, 0) is 15.8 Å². The van der Waals surface area contributed by atoms with Crippen molar-refractivity contribution in [2.45, 2.75) is 52.4 Å². The lowest BCUT2D eigenvalue weighted by Crippen LogP contribution is -2.40. The molecule has 1 fully saturated rings. The highest BCUT2D eigenvalue weighted by molar-refractivity contribution is 6.74. The molecule has 1 aromatic carbocycles. The molecule has 0 radical (unpaired) electrons. The number of hydrogen-bond acceptors (Lipinski definition) is 8. The third-order valence-electron chi connectivity index (χ3n) is 7.38. The highest BCUT2D eigenvalue weighted by Gasteiger charge is 2.37. The predicted octanol–water partition coefficient (Wildman–Crippen LogP) is 6.70. The molecule has 0 amide bonds. The van der Waals surface area contributed by atoms with Crippen LogP contribution in [0.15, 0.2) is 42.6 Å². The minimum absolute atomic E-state index is 0.169. The number of hydrogen-bond donors (Lipinski definition) is 1. The van der Waals surface area contributed by atoms with Crippen molar-refractivity contribution >= 4 is 49.0 Å². The van der Waals surface area contributed by atoms with Gasteiger partial charge in [-0.3, -0.25) is 0 Å². The first kappa shape index (κ1) is 28.3. The second-order valence-electron chi connectivity index (χ2n) is 11.2. The first-order valence-corrected chi connectivity index (χ1v) is 16.3. The highest BCUT2D eigenvalue weighted by Crippen LogP contribution is 2.37. The number of ether oxygens (including phenoxy) is 1. The molecular weight excluding hydrogens is 516 g/mol. The first-order valence-electron chi connectivity index (χ1n) is 13.0. The van der Waals surface area contributed by atoms with E-state index in [1.54, 1.807) is 12.3 Å². The summed E-state index contributed by atoms with van der Waals surface area (Å²) in [4.78, 5) is 18.2. The third-order valence-corrected chi connectivity index (χ3v) is 12.1. The van der Waals surface area contributed by atoms with Gasteiger partial charge in [0.05, 0.1) is 19.8 Å². The quantitative estimate of drug-likeness (QED) is 0.308. The average molecular weight is 555 g/mol. The van der Waals surface area contributed by atoms with Crippen molar-refractivity contribution in [1.29, 1.82) is 0 Å². The molecule has 1 N–H and O–H groups in total. The van der Waals surface area contributed by atoms with Crippen LogP contribution in [0.25, 0.3) is 0 Å². The summed E-state index contributed by atoms with van der Waals surface area (Å²) in [5.74, 6) is 2.62. The monoisotopic (exact) mass is 554 g/mol. The molecule has 38 heavy (non-hydrogen) atoms. The topological polar surface area (TPSA) is 75.6 Å². The number of nitrogens with one attached hydrogen (secondary N) is 1. The number of morpholine rings is 1. The molecule has 0 atom stereocenters. The van der Waals surface area contributed by atoms with Gasteiger partial charge in [-0.25, -0.2) is 9.97 Å². The molecule has 1 aliphatic rings. The number of anilines is 5. The molecule has 0 aliphatic carbocycles. The Morgan fingerprint density at radius 3 is 2.55 bits per heavy atom. The van der Waals surface area contributed by atoms with Gasteiger partial charge in [0.1, 0.15) is 17.5 Å². The van der Waals surface area contributed by atoms with Crippen LogP contribution in [-0.4, -0.2) is 56.6 Å². The van der Waals surface area contributed by atoms with Crippen molar-refractivity contribution in [1.82, 2.24) is 15.0 Å². The smallest absolute Gasteiger partial charge is 0.230 e. The molecule has 8 nitrogen and oxygen atoms in total. The zero-order chi connectivity index (χ0) is 27.5. The summed E-state index contributed by atoms with van der Waals surface area (Å²) >= 11 is 6.41. The molecule has 10 heteroatoms. The summed E-state index contributed by atoms with van der Waals surface area (Å²) in [7, 11) is 0.174. The molecule has 4 rings (SSSR count). The summed E-state index contributed by atoms with van der Waals surface area (Å²) < 4.78 is 11.9. The molecule has 1 aliphatic heterocycles. The normalized spacial score (nSPS) is 14.5. The number of nitrogens with zero attached hydrogens (tertiary/aromatic N) is 5. The Morgan fingerprint density at radius 1 is 1.11 bits per heavy atom. The standard InChI is InChI=1S/C28H39ClN6O2Si/c1-20-8-9-21(19-37-38(6,7)28(2,3)4)16-23(20)34(5)25-10-11-30-27(33-25)32-24-17-22(29)18-26(31-24)35-12-14-36-15-13-35/h8-11,16-18H,12-15,19H2,1-7H3,(H,30,31,32,33). The first-order chi connectivity index (χ1) is 17.9. The van der Waals surface area contributed by atoms with Crippen LogP contribution in [0.1, 0.15) is 31.9 Å². The largest absolute Gasteiger partial charge is 0.413 e. The van der Waals surface area contributed by atoms with E-state index in [0.29, 0.717) is 36.6 Å². The van der Waals surface area contributed by atoms with Crippen LogP contribution < -0.4 is 15.1 Å². The van der Waals surface area contributed by atoms with Crippen LogP contribution in [0.2, 0.25) is 23.2 Å². The summed E-state index contributed by atoms with van der Waals surface area (Å²) in [6.45, 7) is 17.0. The number of rotatable bonds is 8. The van der Waals surface area contributed by atoms with E-state index in [1.807, 2.05) is 19.2 Å².